The highest BCUT2D eigenvalue weighted by molar-refractivity contribution is 5.96. The minimum absolute atomic E-state index is 0.102. The van der Waals surface area contributed by atoms with Gasteiger partial charge in [-0.25, -0.2) is 0 Å². The quantitative estimate of drug-likeness (QED) is 0.758. The number of nitrogens with zero attached hydrogens (tertiary/aromatic N) is 1. The van der Waals surface area contributed by atoms with E-state index in [4.69, 9.17) is 9.26 Å². The maximum Gasteiger partial charge on any atom is 0.256 e. The van der Waals surface area contributed by atoms with Gasteiger partial charge in [0, 0.05) is 26.2 Å². The molecule has 0 saturated heterocycles. The summed E-state index contributed by atoms with van der Waals surface area (Å²) in [6.07, 6.45) is 1.84. The molecule has 0 fully saturated rings. The Morgan fingerprint density at radius 2 is 2.17 bits per heavy atom. The first-order chi connectivity index (χ1) is 8.57. The molecule has 0 aliphatic rings. The number of unbranched alkanes of at least 4 members (excludes halogenated alkanes) is 1. The first-order valence-electron chi connectivity index (χ1n) is 6.31. The summed E-state index contributed by atoms with van der Waals surface area (Å²) in [7, 11) is 1.67. The second-order valence-corrected chi connectivity index (χ2v) is 4.62. The van der Waals surface area contributed by atoms with Crippen molar-refractivity contribution in [3.8, 4) is 0 Å². The van der Waals surface area contributed by atoms with Crippen LogP contribution in [-0.2, 0) is 4.74 Å². The van der Waals surface area contributed by atoms with Gasteiger partial charge in [0.05, 0.1) is 5.69 Å². The number of aromatic nitrogens is 1. The van der Waals surface area contributed by atoms with E-state index in [1.165, 1.54) is 0 Å². The maximum absolute atomic E-state index is 12.0. The van der Waals surface area contributed by atoms with Gasteiger partial charge in [0.15, 0.2) is 5.76 Å². The predicted molar refractivity (Wildman–Crippen MR) is 68.8 cm³/mol. The zero-order valence-corrected chi connectivity index (χ0v) is 11.6. The Balaban J connectivity index is 2.53. The van der Waals surface area contributed by atoms with E-state index in [1.807, 2.05) is 13.8 Å². The molecule has 0 radical (unpaired) electrons. The van der Waals surface area contributed by atoms with Crippen molar-refractivity contribution in [1.82, 2.24) is 10.5 Å². The monoisotopic (exact) mass is 254 g/mol. The lowest BCUT2D eigenvalue weighted by Gasteiger charge is -2.06. The van der Waals surface area contributed by atoms with Crippen molar-refractivity contribution < 1.29 is 14.1 Å². The Morgan fingerprint density at radius 3 is 2.78 bits per heavy atom. The fraction of sp³-hybridized carbons (Fsp3) is 0.692. The highest BCUT2D eigenvalue weighted by atomic mass is 16.5. The van der Waals surface area contributed by atoms with Gasteiger partial charge in [0.25, 0.3) is 5.91 Å². The number of rotatable bonds is 7. The molecule has 1 heterocycles. The zero-order valence-electron chi connectivity index (χ0n) is 11.6. The van der Waals surface area contributed by atoms with Crippen LogP contribution in [0.15, 0.2) is 4.52 Å². The molecule has 1 N–H and O–H groups in total. The summed E-state index contributed by atoms with van der Waals surface area (Å²) in [5.74, 6) is 0.706. The molecule has 1 amide bonds. The molecule has 5 nitrogen and oxygen atoms in total. The van der Waals surface area contributed by atoms with E-state index in [-0.39, 0.29) is 11.8 Å². The van der Waals surface area contributed by atoms with E-state index >= 15 is 0 Å². The van der Waals surface area contributed by atoms with Crippen LogP contribution in [-0.4, -0.2) is 31.3 Å². The highest BCUT2D eigenvalue weighted by Crippen LogP contribution is 2.21. The highest BCUT2D eigenvalue weighted by Gasteiger charge is 2.21. The fourth-order valence-corrected chi connectivity index (χ4v) is 1.72. The Bertz CT molecular complexity index is 386. The summed E-state index contributed by atoms with van der Waals surface area (Å²) >= 11 is 0. The van der Waals surface area contributed by atoms with E-state index < -0.39 is 0 Å². The standard InChI is InChI=1S/C13H22N2O3/c1-9(2)12-11(10(3)15-18-12)13(16)14-7-5-6-8-17-4/h9H,5-8H2,1-4H3,(H,14,16). The summed E-state index contributed by atoms with van der Waals surface area (Å²) in [5.41, 5.74) is 1.23. The summed E-state index contributed by atoms with van der Waals surface area (Å²) in [5, 5.41) is 6.75. The van der Waals surface area contributed by atoms with Crippen LogP contribution in [0, 0.1) is 6.92 Å². The Morgan fingerprint density at radius 1 is 1.44 bits per heavy atom. The molecule has 1 aromatic rings. The third-order valence-electron chi connectivity index (χ3n) is 2.70. The van der Waals surface area contributed by atoms with E-state index in [2.05, 4.69) is 10.5 Å². The number of amides is 1. The average molecular weight is 254 g/mol. The summed E-state index contributed by atoms with van der Waals surface area (Å²) < 4.78 is 10.1. The number of carbonyl (C=O) groups is 1. The van der Waals surface area contributed by atoms with Crippen LogP contribution in [0.2, 0.25) is 0 Å². The van der Waals surface area contributed by atoms with Crippen molar-refractivity contribution in [2.24, 2.45) is 0 Å². The zero-order chi connectivity index (χ0) is 13.5. The van der Waals surface area contributed by atoms with Gasteiger partial charge in [-0.05, 0) is 19.8 Å². The molecule has 102 valence electrons. The molecule has 0 aliphatic heterocycles. The second kappa shape index (κ2) is 7.16. The number of hydrogen-bond donors (Lipinski definition) is 1. The number of hydrogen-bond acceptors (Lipinski definition) is 4. The maximum atomic E-state index is 12.0. The fourth-order valence-electron chi connectivity index (χ4n) is 1.72. The molecule has 1 rings (SSSR count). The van der Waals surface area contributed by atoms with Crippen LogP contribution in [0.1, 0.15) is 54.4 Å². The third-order valence-corrected chi connectivity index (χ3v) is 2.70. The summed E-state index contributed by atoms with van der Waals surface area (Å²) in [6, 6.07) is 0. The van der Waals surface area contributed by atoms with Gasteiger partial charge in [-0.2, -0.15) is 0 Å². The number of ether oxygens (including phenoxy) is 1. The topological polar surface area (TPSA) is 64.4 Å². The molecular formula is C13H22N2O3. The van der Waals surface area contributed by atoms with Crippen LogP contribution in [0.25, 0.3) is 0 Å². The van der Waals surface area contributed by atoms with Crippen LogP contribution in [0.4, 0.5) is 0 Å². The molecular weight excluding hydrogens is 232 g/mol. The van der Waals surface area contributed by atoms with Crippen molar-refractivity contribution in [3.05, 3.63) is 17.0 Å². The van der Waals surface area contributed by atoms with Gasteiger partial charge in [-0.3, -0.25) is 4.79 Å². The molecule has 1 aromatic heterocycles. The van der Waals surface area contributed by atoms with E-state index in [0.29, 0.717) is 23.6 Å². The van der Waals surface area contributed by atoms with E-state index in [9.17, 15) is 4.79 Å². The molecule has 0 aliphatic carbocycles. The third kappa shape index (κ3) is 3.84. The minimum Gasteiger partial charge on any atom is -0.385 e. The molecule has 0 bridgehead atoms. The second-order valence-electron chi connectivity index (χ2n) is 4.62. The van der Waals surface area contributed by atoms with Gasteiger partial charge in [0.1, 0.15) is 5.56 Å². The van der Waals surface area contributed by atoms with Gasteiger partial charge in [-0.15, -0.1) is 0 Å². The van der Waals surface area contributed by atoms with Gasteiger partial charge < -0.3 is 14.6 Å². The molecule has 0 unspecified atom stereocenters. The lowest BCUT2D eigenvalue weighted by atomic mass is 10.0. The molecule has 0 aromatic carbocycles. The van der Waals surface area contributed by atoms with Gasteiger partial charge >= 0.3 is 0 Å². The van der Waals surface area contributed by atoms with Crippen molar-refractivity contribution in [2.75, 3.05) is 20.3 Å². The smallest absolute Gasteiger partial charge is 0.256 e. The van der Waals surface area contributed by atoms with E-state index in [0.717, 1.165) is 19.4 Å². The van der Waals surface area contributed by atoms with Crippen molar-refractivity contribution in [3.63, 3.8) is 0 Å². The number of methoxy groups -OCH3 is 1. The number of nitrogens with one attached hydrogen (secondary N) is 1. The van der Waals surface area contributed by atoms with Crippen molar-refractivity contribution in [1.29, 1.82) is 0 Å². The molecule has 0 spiro atoms. The van der Waals surface area contributed by atoms with Gasteiger partial charge in [-0.1, -0.05) is 19.0 Å². The lowest BCUT2D eigenvalue weighted by Crippen LogP contribution is -2.26. The molecule has 5 heteroatoms. The number of carbonyl (C=O) groups excluding carboxylic acids is 1. The lowest BCUT2D eigenvalue weighted by molar-refractivity contribution is 0.0948. The largest absolute Gasteiger partial charge is 0.385 e. The molecule has 0 saturated carbocycles. The summed E-state index contributed by atoms with van der Waals surface area (Å²) in [4.78, 5) is 12.0. The van der Waals surface area contributed by atoms with Crippen LogP contribution < -0.4 is 5.32 Å². The number of aryl methyl sites for hydroxylation is 1. The predicted octanol–water partition coefficient (Wildman–Crippen LogP) is 2.26. The van der Waals surface area contributed by atoms with Crippen molar-refractivity contribution >= 4 is 5.91 Å². The normalized spacial score (nSPS) is 10.9. The molecule has 18 heavy (non-hydrogen) atoms. The first kappa shape index (κ1) is 14.7. The van der Waals surface area contributed by atoms with Crippen molar-refractivity contribution in [2.45, 2.75) is 39.5 Å². The Hall–Kier alpha value is -1.36. The molecule has 0 atom stereocenters. The first-order valence-corrected chi connectivity index (χ1v) is 6.31. The minimum atomic E-state index is -0.102. The van der Waals surface area contributed by atoms with Gasteiger partial charge in [0.2, 0.25) is 0 Å². The van der Waals surface area contributed by atoms with Crippen LogP contribution in [0.3, 0.4) is 0 Å². The average Bonchev–Trinajstić information content (AvgIpc) is 2.71. The van der Waals surface area contributed by atoms with E-state index in [1.54, 1.807) is 14.0 Å². The van der Waals surface area contributed by atoms with Crippen LogP contribution >= 0.6 is 0 Å². The Labute approximate surface area is 108 Å². The summed E-state index contributed by atoms with van der Waals surface area (Å²) in [6.45, 7) is 7.11. The van der Waals surface area contributed by atoms with Crippen LogP contribution in [0.5, 0.6) is 0 Å². The Kier molecular flexibility index (Phi) is 5.85. The SMILES string of the molecule is COCCCCNC(=O)c1c(C)noc1C(C)C.